The van der Waals surface area contributed by atoms with Gasteiger partial charge in [-0.25, -0.2) is 0 Å². The number of hydrogen-bond donors (Lipinski definition) is 1. The van der Waals surface area contributed by atoms with Gasteiger partial charge in [0, 0.05) is 40.1 Å². The van der Waals surface area contributed by atoms with Gasteiger partial charge in [0.1, 0.15) is 0 Å². The van der Waals surface area contributed by atoms with Crippen LogP contribution in [0.2, 0.25) is 10.0 Å². The Bertz CT molecular complexity index is 751. The summed E-state index contributed by atoms with van der Waals surface area (Å²) in [6, 6.07) is 13.6. The summed E-state index contributed by atoms with van der Waals surface area (Å²) in [4.78, 5) is 4.17. The fourth-order valence-electron chi connectivity index (χ4n) is 2.14. The molecule has 20 heavy (non-hydrogen) atoms. The van der Waals surface area contributed by atoms with Gasteiger partial charge in [-0.1, -0.05) is 35.3 Å². The van der Waals surface area contributed by atoms with Crippen molar-refractivity contribution in [2.24, 2.45) is 0 Å². The van der Waals surface area contributed by atoms with Crippen molar-refractivity contribution in [1.82, 2.24) is 4.98 Å². The van der Waals surface area contributed by atoms with Crippen LogP contribution in [0.1, 0.15) is 5.56 Å². The molecule has 0 aliphatic rings. The molecule has 0 fully saturated rings. The highest BCUT2D eigenvalue weighted by molar-refractivity contribution is 6.33. The lowest BCUT2D eigenvalue weighted by Gasteiger charge is -2.11. The van der Waals surface area contributed by atoms with Gasteiger partial charge in [0.2, 0.25) is 0 Å². The lowest BCUT2D eigenvalue weighted by atomic mass is 10.1. The van der Waals surface area contributed by atoms with Gasteiger partial charge in [0.25, 0.3) is 0 Å². The number of anilines is 1. The minimum atomic E-state index is 0.618. The van der Waals surface area contributed by atoms with Crippen LogP contribution in [-0.4, -0.2) is 4.98 Å². The van der Waals surface area contributed by atoms with Gasteiger partial charge < -0.3 is 5.32 Å². The number of pyridine rings is 1. The standard InChI is InChI=1S/C16H12Cl2N2/c17-13-4-5-15(18)12(8-13)9-20-16-3-1-2-11-6-7-19-10-14(11)16/h1-8,10,20H,9H2. The third-order valence-corrected chi connectivity index (χ3v) is 3.76. The molecule has 0 aliphatic carbocycles. The maximum absolute atomic E-state index is 6.17. The number of halogens is 2. The second-order valence-corrected chi connectivity index (χ2v) is 5.34. The van der Waals surface area contributed by atoms with E-state index in [1.54, 1.807) is 12.3 Å². The average Bonchev–Trinajstić information content (AvgIpc) is 2.48. The van der Waals surface area contributed by atoms with Crippen LogP contribution in [0, 0.1) is 0 Å². The molecule has 100 valence electrons. The van der Waals surface area contributed by atoms with Crippen LogP contribution >= 0.6 is 23.2 Å². The van der Waals surface area contributed by atoms with E-state index in [0.717, 1.165) is 22.0 Å². The molecule has 3 aromatic rings. The van der Waals surface area contributed by atoms with Crippen molar-refractivity contribution in [3.63, 3.8) is 0 Å². The van der Waals surface area contributed by atoms with Crippen molar-refractivity contribution in [1.29, 1.82) is 0 Å². The smallest absolute Gasteiger partial charge is 0.0456 e. The summed E-state index contributed by atoms with van der Waals surface area (Å²) in [5.41, 5.74) is 2.01. The van der Waals surface area contributed by atoms with E-state index >= 15 is 0 Å². The highest BCUT2D eigenvalue weighted by Crippen LogP contribution is 2.25. The van der Waals surface area contributed by atoms with Crippen molar-refractivity contribution in [2.45, 2.75) is 6.54 Å². The lowest BCUT2D eigenvalue weighted by Crippen LogP contribution is -2.00. The first-order valence-corrected chi connectivity index (χ1v) is 7.00. The van der Waals surface area contributed by atoms with Crippen LogP contribution in [0.25, 0.3) is 10.8 Å². The summed E-state index contributed by atoms with van der Waals surface area (Å²) in [6.07, 6.45) is 3.65. The first kappa shape index (κ1) is 13.2. The van der Waals surface area contributed by atoms with Gasteiger partial charge in [0.05, 0.1) is 0 Å². The van der Waals surface area contributed by atoms with Gasteiger partial charge in [-0.2, -0.15) is 0 Å². The molecule has 0 unspecified atom stereocenters. The Hall–Kier alpha value is -1.77. The fourth-order valence-corrected chi connectivity index (χ4v) is 2.52. The Balaban J connectivity index is 1.89. The Morgan fingerprint density at radius 3 is 2.85 bits per heavy atom. The van der Waals surface area contributed by atoms with E-state index in [-0.39, 0.29) is 0 Å². The molecule has 1 aromatic heterocycles. The summed E-state index contributed by atoms with van der Waals surface area (Å²) < 4.78 is 0. The Morgan fingerprint density at radius 2 is 1.95 bits per heavy atom. The Labute approximate surface area is 127 Å². The fraction of sp³-hybridized carbons (Fsp3) is 0.0625. The molecule has 3 rings (SSSR count). The predicted octanol–water partition coefficient (Wildman–Crippen LogP) is 5.15. The summed E-state index contributed by atoms with van der Waals surface area (Å²) in [5, 5.41) is 7.03. The van der Waals surface area contributed by atoms with Crippen molar-refractivity contribution in [3.8, 4) is 0 Å². The number of hydrogen-bond acceptors (Lipinski definition) is 2. The van der Waals surface area contributed by atoms with E-state index in [9.17, 15) is 0 Å². The quantitative estimate of drug-likeness (QED) is 0.723. The molecule has 2 nitrogen and oxygen atoms in total. The Morgan fingerprint density at radius 1 is 1.05 bits per heavy atom. The summed E-state index contributed by atoms with van der Waals surface area (Å²) in [5.74, 6) is 0. The zero-order valence-corrected chi connectivity index (χ0v) is 12.1. The van der Waals surface area contributed by atoms with Crippen molar-refractivity contribution >= 4 is 39.7 Å². The number of benzene rings is 2. The molecule has 0 saturated heterocycles. The molecule has 0 aliphatic heterocycles. The van der Waals surface area contributed by atoms with E-state index < -0.39 is 0 Å². The number of rotatable bonds is 3. The van der Waals surface area contributed by atoms with Gasteiger partial charge in [-0.15, -0.1) is 0 Å². The van der Waals surface area contributed by atoms with Crippen LogP contribution in [-0.2, 0) is 6.54 Å². The van der Waals surface area contributed by atoms with Crippen LogP contribution in [0.15, 0.2) is 54.9 Å². The molecule has 0 bridgehead atoms. The maximum atomic E-state index is 6.17. The number of nitrogens with one attached hydrogen (secondary N) is 1. The van der Waals surface area contributed by atoms with Crippen molar-refractivity contribution < 1.29 is 0 Å². The van der Waals surface area contributed by atoms with Gasteiger partial charge in [-0.3, -0.25) is 4.98 Å². The molecule has 0 spiro atoms. The highest BCUT2D eigenvalue weighted by Gasteiger charge is 2.04. The van der Waals surface area contributed by atoms with Crippen molar-refractivity contribution in [3.05, 3.63) is 70.5 Å². The first-order chi connectivity index (χ1) is 9.74. The Kier molecular flexibility index (Phi) is 3.77. The van der Waals surface area contributed by atoms with Gasteiger partial charge in [0.15, 0.2) is 0 Å². The molecule has 0 saturated carbocycles. The zero-order valence-electron chi connectivity index (χ0n) is 10.6. The van der Waals surface area contributed by atoms with E-state index in [1.165, 1.54) is 0 Å². The van der Waals surface area contributed by atoms with Crippen LogP contribution in [0.4, 0.5) is 5.69 Å². The predicted molar refractivity (Wildman–Crippen MR) is 85.5 cm³/mol. The van der Waals surface area contributed by atoms with E-state index in [4.69, 9.17) is 23.2 Å². The molecular weight excluding hydrogens is 291 g/mol. The first-order valence-electron chi connectivity index (χ1n) is 6.24. The zero-order chi connectivity index (χ0) is 13.9. The second kappa shape index (κ2) is 5.70. The average molecular weight is 303 g/mol. The molecular formula is C16H12Cl2N2. The largest absolute Gasteiger partial charge is 0.380 e. The van der Waals surface area contributed by atoms with Crippen LogP contribution < -0.4 is 5.32 Å². The number of nitrogens with zero attached hydrogens (tertiary/aromatic N) is 1. The molecule has 0 radical (unpaired) electrons. The van der Waals surface area contributed by atoms with Crippen LogP contribution in [0.3, 0.4) is 0 Å². The highest BCUT2D eigenvalue weighted by atomic mass is 35.5. The van der Waals surface area contributed by atoms with Crippen LogP contribution in [0.5, 0.6) is 0 Å². The lowest BCUT2D eigenvalue weighted by molar-refractivity contribution is 1.15. The van der Waals surface area contributed by atoms with Crippen molar-refractivity contribution in [2.75, 3.05) is 5.32 Å². The third kappa shape index (κ3) is 2.72. The van der Waals surface area contributed by atoms with E-state index in [2.05, 4.69) is 16.4 Å². The molecule has 2 aromatic carbocycles. The topological polar surface area (TPSA) is 24.9 Å². The number of fused-ring (bicyclic) bond motifs is 1. The van der Waals surface area contributed by atoms with E-state index in [1.807, 2.05) is 36.5 Å². The minimum absolute atomic E-state index is 0.618. The number of aromatic nitrogens is 1. The van der Waals surface area contributed by atoms with Gasteiger partial charge >= 0.3 is 0 Å². The second-order valence-electron chi connectivity index (χ2n) is 4.49. The molecule has 1 heterocycles. The SMILES string of the molecule is Clc1ccc(Cl)c(CNc2cccc3ccncc23)c1. The normalized spacial score (nSPS) is 10.7. The maximum Gasteiger partial charge on any atom is 0.0456 e. The molecule has 0 atom stereocenters. The summed E-state index contributed by atoms with van der Waals surface area (Å²) >= 11 is 12.2. The van der Waals surface area contributed by atoms with E-state index in [0.29, 0.717) is 16.6 Å². The molecule has 4 heteroatoms. The third-order valence-electron chi connectivity index (χ3n) is 3.16. The summed E-state index contributed by atoms with van der Waals surface area (Å²) in [7, 11) is 0. The monoisotopic (exact) mass is 302 g/mol. The summed E-state index contributed by atoms with van der Waals surface area (Å²) in [6.45, 7) is 0.618. The molecule has 1 N–H and O–H groups in total. The van der Waals surface area contributed by atoms with Gasteiger partial charge in [-0.05, 0) is 41.3 Å². The molecule has 0 amide bonds. The minimum Gasteiger partial charge on any atom is -0.380 e.